The predicted octanol–water partition coefficient (Wildman–Crippen LogP) is 6.63. The van der Waals surface area contributed by atoms with Gasteiger partial charge >= 0.3 is 6.09 Å². The Morgan fingerprint density at radius 3 is 2.24 bits per heavy atom. The fourth-order valence-electron chi connectivity index (χ4n) is 4.14. The zero-order valence-electron chi connectivity index (χ0n) is 25.1. The van der Waals surface area contributed by atoms with Crippen molar-refractivity contribution < 1.29 is 19.1 Å². The minimum absolute atomic E-state index is 0.168. The van der Waals surface area contributed by atoms with E-state index in [-0.39, 0.29) is 17.7 Å². The lowest BCUT2D eigenvalue weighted by molar-refractivity contribution is -0.144. The van der Waals surface area contributed by atoms with E-state index in [1.807, 2.05) is 58.9 Å². The number of nitrogens with zero attached hydrogens (tertiary/aromatic N) is 1. The van der Waals surface area contributed by atoms with Gasteiger partial charge in [-0.1, -0.05) is 77.3 Å². The maximum atomic E-state index is 14.3. The Balaban J connectivity index is 3.60. The molecule has 1 aromatic carbocycles. The molecule has 38 heavy (non-hydrogen) atoms. The summed E-state index contributed by atoms with van der Waals surface area (Å²) in [5, 5.41) is 5.90. The zero-order chi connectivity index (χ0) is 29.1. The van der Waals surface area contributed by atoms with Crippen molar-refractivity contribution >= 4 is 24.0 Å². The lowest BCUT2D eigenvalue weighted by Crippen LogP contribution is -2.56. The number of carbonyl (C=O) groups excluding carboxylic acids is 3. The maximum Gasteiger partial charge on any atom is 0.408 e. The molecule has 214 valence electrons. The molecular weight excluding hydrogens is 478 g/mol. The van der Waals surface area contributed by atoms with Crippen molar-refractivity contribution in [3.63, 3.8) is 0 Å². The first-order valence-corrected chi connectivity index (χ1v) is 14.0. The third kappa shape index (κ3) is 11.3. The van der Waals surface area contributed by atoms with Gasteiger partial charge in [0, 0.05) is 12.1 Å². The van der Waals surface area contributed by atoms with Crippen molar-refractivity contribution in [1.29, 1.82) is 0 Å². The van der Waals surface area contributed by atoms with Crippen LogP contribution < -0.4 is 10.6 Å². The van der Waals surface area contributed by atoms with Crippen LogP contribution in [0.1, 0.15) is 112 Å². The Kier molecular flexibility index (Phi) is 13.0. The van der Waals surface area contributed by atoms with Gasteiger partial charge in [-0.2, -0.15) is 0 Å². The minimum atomic E-state index is -0.866. The van der Waals surface area contributed by atoms with Crippen LogP contribution in [-0.4, -0.2) is 46.5 Å². The summed E-state index contributed by atoms with van der Waals surface area (Å²) in [7, 11) is 0. The van der Waals surface area contributed by atoms with E-state index in [9.17, 15) is 14.4 Å². The van der Waals surface area contributed by atoms with Gasteiger partial charge < -0.3 is 20.3 Å². The molecule has 0 spiro atoms. The van der Waals surface area contributed by atoms with E-state index in [0.29, 0.717) is 18.5 Å². The third-order valence-corrected chi connectivity index (χ3v) is 6.21. The summed E-state index contributed by atoms with van der Waals surface area (Å²) >= 11 is 0. The van der Waals surface area contributed by atoms with Crippen molar-refractivity contribution in [2.75, 3.05) is 6.54 Å². The van der Waals surface area contributed by atoms with Crippen LogP contribution in [-0.2, 0) is 14.3 Å². The molecule has 0 aliphatic heterocycles. The highest BCUT2D eigenvalue weighted by Crippen LogP contribution is 2.27. The lowest BCUT2D eigenvalue weighted by Gasteiger charge is -2.37. The predicted molar refractivity (Wildman–Crippen MR) is 156 cm³/mol. The highest BCUT2D eigenvalue weighted by atomic mass is 16.6. The maximum absolute atomic E-state index is 14.3. The average Bonchev–Trinajstić information content (AvgIpc) is 2.81. The van der Waals surface area contributed by atoms with Crippen LogP contribution in [0.5, 0.6) is 0 Å². The molecule has 0 bridgehead atoms. The molecule has 3 amide bonds. The van der Waals surface area contributed by atoms with Crippen molar-refractivity contribution in [3.05, 3.63) is 42.0 Å². The molecule has 7 nitrogen and oxygen atoms in total. The first-order valence-electron chi connectivity index (χ1n) is 14.0. The largest absolute Gasteiger partial charge is 0.444 e. The summed E-state index contributed by atoms with van der Waals surface area (Å²) in [5.74, 6) is -0.721. The van der Waals surface area contributed by atoms with Crippen LogP contribution in [0.25, 0.3) is 6.08 Å². The Morgan fingerprint density at radius 1 is 1.05 bits per heavy atom. The van der Waals surface area contributed by atoms with Crippen molar-refractivity contribution in [2.45, 2.75) is 118 Å². The SMILES string of the molecule is C=Cc1cccc(C(C(=O)NC(C)(C)C)N(CCCCCC)C(=O)C(NC(=O)OC(C)(C)C)C(C)CC)c1. The molecule has 0 aliphatic carbocycles. The molecule has 0 saturated heterocycles. The molecule has 0 saturated carbocycles. The molecule has 7 heteroatoms. The van der Waals surface area contributed by atoms with Gasteiger partial charge in [-0.05, 0) is 71.1 Å². The number of amides is 3. The fourth-order valence-corrected chi connectivity index (χ4v) is 4.14. The summed E-state index contributed by atoms with van der Waals surface area (Å²) in [5.41, 5.74) is 0.369. The van der Waals surface area contributed by atoms with Crippen molar-refractivity contribution in [3.8, 4) is 0 Å². The first kappa shape index (κ1) is 33.2. The summed E-state index contributed by atoms with van der Waals surface area (Å²) in [6, 6.07) is 5.84. The average molecular weight is 530 g/mol. The molecule has 0 radical (unpaired) electrons. The summed E-state index contributed by atoms with van der Waals surface area (Å²) < 4.78 is 5.48. The van der Waals surface area contributed by atoms with Crippen LogP contribution >= 0.6 is 0 Å². The minimum Gasteiger partial charge on any atom is -0.444 e. The zero-order valence-corrected chi connectivity index (χ0v) is 25.1. The van der Waals surface area contributed by atoms with E-state index >= 15 is 0 Å². The topological polar surface area (TPSA) is 87.7 Å². The molecule has 0 fully saturated rings. The molecule has 0 heterocycles. The molecule has 3 unspecified atom stereocenters. The number of benzene rings is 1. The smallest absolute Gasteiger partial charge is 0.408 e. The van der Waals surface area contributed by atoms with Crippen molar-refractivity contribution in [1.82, 2.24) is 15.5 Å². The van der Waals surface area contributed by atoms with Crippen molar-refractivity contribution in [2.24, 2.45) is 5.92 Å². The molecule has 0 aromatic heterocycles. The molecule has 2 N–H and O–H groups in total. The third-order valence-electron chi connectivity index (χ3n) is 6.21. The van der Waals surface area contributed by atoms with Gasteiger partial charge in [0.1, 0.15) is 17.7 Å². The molecule has 3 atom stereocenters. The number of hydrogen-bond donors (Lipinski definition) is 2. The Labute approximate surface area is 230 Å². The summed E-state index contributed by atoms with van der Waals surface area (Å²) in [6.07, 6.45) is 5.53. The number of hydrogen-bond acceptors (Lipinski definition) is 4. The monoisotopic (exact) mass is 529 g/mol. The van der Waals surface area contributed by atoms with Gasteiger partial charge in [0.2, 0.25) is 11.8 Å². The normalized spacial score (nSPS) is 14.1. The second-order valence-corrected chi connectivity index (χ2v) is 12.1. The van der Waals surface area contributed by atoms with E-state index in [2.05, 4.69) is 24.1 Å². The van der Waals surface area contributed by atoms with Gasteiger partial charge in [-0.15, -0.1) is 0 Å². The van der Waals surface area contributed by atoms with E-state index in [1.165, 1.54) is 0 Å². The number of carbonyl (C=O) groups is 3. The molecular formula is C31H51N3O4. The Morgan fingerprint density at radius 2 is 1.71 bits per heavy atom. The quantitative estimate of drug-likeness (QED) is 0.281. The van der Waals surface area contributed by atoms with Gasteiger partial charge in [-0.25, -0.2) is 4.79 Å². The van der Waals surface area contributed by atoms with E-state index in [4.69, 9.17) is 4.74 Å². The van der Waals surface area contributed by atoms with Crippen LogP contribution in [0, 0.1) is 5.92 Å². The molecule has 1 aromatic rings. The van der Waals surface area contributed by atoms with E-state index in [1.54, 1.807) is 31.7 Å². The van der Waals surface area contributed by atoms with Crippen LogP contribution in [0.15, 0.2) is 30.8 Å². The van der Waals surface area contributed by atoms with Crippen LogP contribution in [0.4, 0.5) is 4.79 Å². The first-order chi connectivity index (χ1) is 17.6. The highest BCUT2D eigenvalue weighted by molar-refractivity contribution is 5.92. The number of unbranched alkanes of at least 4 members (excludes halogenated alkanes) is 3. The summed E-state index contributed by atoms with van der Waals surface area (Å²) in [4.78, 5) is 42.5. The van der Waals surface area contributed by atoms with E-state index < -0.39 is 29.3 Å². The van der Waals surface area contributed by atoms with Crippen LogP contribution in [0.2, 0.25) is 0 Å². The Bertz CT molecular complexity index is 930. The number of rotatable bonds is 13. The molecule has 1 rings (SSSR count). The fraction of sp³-hybridized carbons (Fsp3) is 0.645. The Hall–Kier alpha value is -2.83. The van der Waals surface area contributed by atoms with Gasteiger partial charge in [0.25, 0.3) is 0 Å². The van der Waals surface area contributed by atoms with Gasteiger partial charge in [-0.3, -0.25) is 9.59 Å². The number of ether oxygens (including phenoxy) is 1. The summed E-state index contributed by atoms with van der Waals surface area (Å²) in [6.45, 7) is 21.4. The van der Waals surface area contributed by atoms with Gasteiger partial charge in [0.05, 0.1) is 0 Å². The highest BCUT2D eigenvalue weighted by Gasteiger charge is 2.38. The number of alkyl carbamates (subject to hydrolysis) is 1. The second kappa shape index (κ2) is 14.9. The van der Waals surface area contributed by atoms with E-state index in [0.717, 1.165) is 31.2 Å². The lowest BCUT2D eigenvalue weighted by atomic mass is 9.94. The van der Waals surface area contributed by atoms with Crippen LogP contribution in [0.3, 0.4) is 0 Å². The molecule has 0 aliphatic rings. The standard InChI is InChI=1S/C31H51N3O4/c1-11-14-15-16-20-34(28(36)25(22(4)12-2)32-29(37)38-31(8,9)10)26(27(35)33-30(5,6)7)24-19-17-18-23(13-3)21-24/h13,17-19,21-22,25-26H,3,11-12,14-16,20H2,1-2,4-10H3,(H,32,37)(H,33,35). The van der Waals surface area contributed by atoms with Gasteiger partial charge in [0.15, 0.2) is 0 Å². The second-order valence-electron chi connectivity index (χ2n) is 12.1. The number of nitrogens with one attached hydrogen (secondary N) is 2.